The number of amides is 1. The molecular formula is C13H17NO5. The Hall–Kier alpha value is -1.82. The van der Waals surface area contributed by atoms with Crippen molar-refractivity contribution >= 4 is 11.9 Å². The molecule has 1 N–H and O–H groups in total. The number of carbonyl (C=O) groups excluding carboxylic acids is 1. The van der Waals surface area contributed by atoms with Crippen molar-refractivity contribution < 1.29 is 23.8 Å². The average Bonchev–Trinajstić information content (AvgIpc) is 3.06. The molecule has 6 nitrogen and oxygen atoms in total. The Balaban J connectivity index is 1.99. The third-order valence-electron chi connectivity index (χ3n) is 3.10. The molecule has 1 fully saturated rings. The summed E-state index contributed by atoms with van der Waals surface area (Å²) >= 11 is 0. The Bertz CT molecular complexity index is 422. The lowest BCUT2D eigenvalue weighted by molar-refractivity contribution is -0.137. The molecule has 1 aromatic rings. The molecule has 1 amide bonds. The third kappa shape index (κ3) is 3.82. The fourth-order valence-electron chi connectivity index (χ4n) is 2.11. The summed E-state index contributed by atoms with van der Waals surface area (Å²) in [6, 6.07) is 1.58. The van der Waals surface area contributed by atoms with Gasteiger partial charge in [0.15, 0.2) is 0 Å². The minimum Gasteiger partial charge on any atom is -0.481 e. The van der Waals surface area contributed by atoms with Crippen LogP contribution in [0.4, 0.5) is 0 Å². The van der Waals surface area contributed by atoms with Crippen LogP contribution in [0.1, 0.15) is 29.6 Å². The van der Waals surface area contributed by atoms with Crippen molar-refractivity contribution in [2.75, 3.05) is 19.7 Å². The summed E-state index contributed by atoms with van der Waals surface area (Å²) in [6.07, 6.45) is 4.61. The van der Waals surface area contributed by atoms with Crippen molar-refractivity contribution in [1.82, 2.24) is 4.90 Å². The van der Waals surface area contributed by atoms with Crippen LogP contribution in [0.25, 0.3) is 0 Å². The molecule has 0 aliphatic carbocycles. The number of rotatable bonds is 6. The van der Waals surface area contributed by atoms with E-state index in [-0.39, 0.29) is 25.0 Å². The van der Waals surface area contributed by atoms with E-state index >= 15 is 0 Å². The highest BCUT2D eigenvalue weighted by atomic mass is 16.5. The van der Waals surface area contributed by atoms with Crippen molar-refractivity contribution in [2.45, 2.75) is 25.4 Å². The summed E-state index contributed by atoms with van der Waals surface area (Å²) in [5.74, 6) is -1.14. The van der Waals surface area contributed by atoms with E-state index in [1.165, 1.54) is 17.4 Å². The zero-order valence-electron chi connectivity index (χ0n) is 10.6. The van der Waals surface area contributed by atoms with E-state index in [0.29, 0.717) is 18.7 Å². The second-order valence-corrected chi connectivity index (χ2v) is 4.54. The first-order chi connectivity index (χ1) is 9.16. The average molecular weight is 267 g/mol. The smallest absolute Gasteiger partial charge is 0.305 e. The number of furan rings is 1. The van der Waals surface area contributed by atoms with Gasteiger partial charge in [-0.2, -0.15) is 0 Å². The number of hydrogen-bond acceptors (Lipinski definition) is 4. The molecular weight excluding hydrogens is 250 g/mol. The normalized spacial score (nSPS) is 18.4. The Morgan fingerprint density at radius 3 is 2.89 bits per heavy atom. The van der Waals surface area contributed by atoms with Crippen molar-refractivity contribution in [1.29, 1.82) is 0 Å². The summed E-state index contributed by atoms with van der Waals surface area (Å²) in [4.78, 5) is 24.4. The van der Waals surface area contributed by atoms with Gasteiger partial charge < -0.3 is 19.2 Å². The molecule has 1 saturated heterocycles. The predicted molar refractivity (Wildman–Crippen MR) is 65.8 cm³/mol. The Kier molecular flexibility index (Phi) is 4.57. The molecule has 0 unspecified atom stereocenters. The predicted octanol–water partition coefficient (Wildman–Crippen LogP) is 1.38. The number of carboxylic acid groups (broad SMARTS) is 1. The number of hydrogen-bond donors (Lipinski definition) is 1. The summed E-state index contributed by atoms with van der Waals surface area (Å²) < 4.78 is 10.4. The quantitative estimate of drug-likeness (QED) is 0.842. The van der Waals surface area contributed by atoms with Crippen LogP contribution in [0.15, 0.2) is 23.0 Å². The molecule has 2 rings (SSSR count). The van der Waals surface area contributed by atoms with E-state index in [0.717, 1.165) is 12.8 Å². The second-order valence-electron chi connectivity index (χ2n) is 4.54. The SMILES string of the molecule is O=C(O)CCN(C[C@H]1CCCO1)C(=O)c1ccoc1. The molecule has 6 heteroatoms. The molecule has 1 aliphatic rings. The fraction of sp³-hybridized carbons (Fsp3) is 0.538. The molecule has 1 atom stereocenters. The number of carbonyl (C=O) groups is 2. The monoisotopic (exact) mass is 267 g/mol. The number of nitrogens with zero attached hydrogens (tertiary/aromatic N) is 1. The van der Waals surface area contributed by atoms with Gasteiger partial charge >= 0.3 is 5.97 Å². The molecule has 19 heavy (non-hydrogen) atoms. The van der Waals surface area contributed by atoms with Gasteiger partial charge in [-0.3, -0.25) is 9.59 Å². The fourth-order valence-corrected chi connectivity index (χ4v) is 2.11. The van der Waals surface area contributed by atoms with E-state index in [1.54, 1.807) is 6.07 Å². The minimum absolute atomic E-state index is 0.00430. The van der Waals surface area contributed by atoms with Gasteiger partial charge in [-0.1, -0.05) is 0 Å². The van der Waals surface area contributed by atoms with Gasteiger partial charge in [-0.15, -0.1) is 0 Å². The van der Waals surface area contributed by atoms with Crippen LogP contribution in [0, 0.1) is 0 Å². The molecule has 2 heterocycles. The zero-order valence-corrected chi connectivity index (χ0v) is 10.6. The van der Waals surface area contributed by atoms with Crippen LogP contribution in [-0.4, -0.2) is 47.7 Å². The van der Waals surface area contributed by atoms with Gasteiger partial charge in [-0.25, -0.2) is 0 Å². The first kappa shape index (κ1) is 13.6. The highest BCUT2D eigenvalue weighted by Gasteiger charge is 2.24. The van der Waals surface area contributed by atoms with Gasteiger partial charge in [0, 0.05) is 19.7 Å². The largest absolute Gasteiger partial charge is 0.481 e. The Morgan fingerprint density at radius 1 is 1.47 bits per heavy atom. The van der Waals surface area contributed by atoms with Crippen LogP contribution >= 0.6 is 0 Å². The lowest BCUT2D eigenvalue weighted by Crippen LogP contribution is -2.38. The number of carboxylic acids is 1. The number of aliphatic carboxylic acids is 1. The van der Waals surface area contributed by atoms with Crippen LogP contribution in [0.5, 0.6) is 0 Å². The van der Waals surface area contributed by atoms with Crippen molar-refractivity contribution in [2.24, 2.45) is 0 Å². The lowest BCUT2D eigenvalue weighted by Gasteiger charge is -2.24. The Labute approximate surface area is 110 Å². The molecule has 1 aromatic heterocycles. The van der Waals surface area contributed by atoms with Gasteiger partial charge in [0.1, 0.15) is 6.26 Å². The highest BCUT2D eigenvalue weighted by molar-refractivity contribution is 5.94. The summed E-state index contributed by atoms with van der Waals surface area (Å²) in [5, 5.41) is 8.75. The zero-order chi connectivity index (χ0) is 13.7. The standard InChI is InChI=1S/C13H17NO5/c15-12(16)3-5-14(8-11-2-1-6-19-11)13(17)10-4-7-18-9-10/h4,7,9,11H,1-3,5-6,8H2,(H,15,16)/t11-/m1/s1. The molecule has 0 radical (unpaired) electrons. The van der Waals surface area contributed by atoms with Crippen LogP contribution < -0.4 is 0 Å². The highest BCUT2D eigenvalue weighted by Crippen LogP contribution is 2.15. The third-order valence-corrected chi connectivity index (χ3v) is 3.10. The summed E-state index contributed by atoms with van der Waals surface area (Å²) in [6.45, 7) is 1.31. The van der Waals surface area contributed by atoms with E-state index in [2.05, 4.69) is 0 Å². The molecule has 0 bridgehead atoms. The van der Waals surface area contributed by atoms with E-state index in [9.17, 15) is 9.59 Å². The maximum atomic E-state index is 12.2. The molecule has 0 saturated carbocycles. The van der Waals surface area contributed by atoms with Crippen LogP contribution in [0.2, 0.25) is 0 Å². The molecule has 0 spiro atoms. The molecule has 104 valence electrons. The molecule has 0 aromatic carbocycles. The first-order valence-corrected chi connectivity index (χ1v) is 6.31. The maximum Gasteiger partial charge on any atom is 0.305 e. The van der Waals surface area contributed by atoms with Crippen molar-refractivity contribution in [3.63, 3.8) is 0 Å². The second kappa shape index (κ2) is 6.38. The van der Waals surface area contributed by atoms with Gasteiger partial charge in [0.25, 0.3) is 5.91 Å². The van der Waals surface area contributed by atoms with Crippen molar-refractivity contribution in [3.8, 4) is 0 Å². The van der Waals surface area contributed by atoms with E-state index in [4.69, 9.17) is 14.3 Å². The van der Waals surface area contributed by atoms with E-state index in [1.807, 2.05) is 0 Å². The summed E-state index contributed by atoms with van der Waals surface area (Å²) in [5.41, 5.74) is 0.434. The lowest BCUT2D eigenvalue weighted by atomic mass is 10.2. The number of ether oxygens (including phenoxy) is 1. The Morgan fingerprint density at radius 2 is 2.32 bits per heavy atom. The van der Waals surface area contributed by atoms with Gasteiger partial charge in [0.2, 0.25) is 0 Å². The van der Waals surface area contributed by atoms with Crippen LogP contribution in [0.3, 0.4) is 0 Å². The van der Waals surface area contributed by atoms with Gasteiger partial charge in [-0.05, 0) is 18.9 Å². The van der Waals surface area contributed by atoms with E-state index < -0.39 is 5.97 Å². The molecule has 1 aliphatic heterocycles. The van der Waals surface area contributed by atoms with Crippen LogP contribution in [-0.2, 0) is 9.53 Å². The topological polar surface area (TPSA) is 80.0 Å². The summed E-state index contributed by atoms with van der Waals surface area (Å²) in [7, 11) is 0. The maximum absolute atomic E-state index is 12.2. The minimum atomic E-state index is -0.919. The first-order valence-electron chi connectivity index (χ1n) is 6.31. The van der Waals surface area contributed by atoms with Gasteiger partial charge in [0.05, 0.1) is 24.4 Å². The van der Waals surface area contributed by atoms with Crippen molar-refractivity contribution in [3.05, 3.63) is 24.2 Å².